The van der Waals surface area contributed by atoms with Crippen LogP contribution in [0.25, 0.3) is 0 Å². The highest BCUT2D eigenvalue weighted by molar-refractivity contribution is 5.20. The summed E-state index contributed by atoms with van der Waals surface area (Å²) in [7, 11) is 1.64. The molecule has 4 heteroatoms. The van der Waals surface area contributed by atoms with Crippen LogP contribution in [-0.4, -0.2) is 33.5 Å². The van der Waals surface area contributed by atoms with E-state index in [1.54, 1.807) is 13.2 Å². The maximum absolute atomic E-state index is 13.1. The summed E-state index contributed by atoms with van der Waals surface area (Å²) in [6.45, 7) is 4.46. The lowest BCUT2D eigenvalue weighted by atomic mass is 10.1. The quantitative estimate of drug-likeness (QED) is 0.707. The molecule has 0 amide bonds. The minimum atomic E-state index is -0.220. The molecule has 1 atom stereocenters. The summed E-state index contributed by atoms with van der Waals surface area (Å²) in [5.74, 6) is -0.220. The molecule has 96 valence electrons. The first-order chi connectivity index (χ1) is 8.27. The van der Waals surface area contributed by atoms with Gasteiger partial charge < -0.3 is 14.8 Å². The molecule has 1 unspecified atom stereocenters. The van der Waals surface area contributed by atoms with Crippen LogP contribution in [0.4, 0.5) is 4.39 Å². The van der Waals surface area contributed by atoms with Crippen molar-refractivity contribution < 1.29 is 13.9 Å². The number of benzene rings is 1. The third-order valence-corrected chi connectivity index (χ3v) is 2.42. The van der Waals surface area contributed by atoms with E-state index in [0.29, 0.717) is 19.8 Å². The van der Waals surface area contributed by atoms with Gasteiger partial charge in [-0.15, -0.1) is 0 Å². The highest BCUT2D eigenvalue weighted by Gasteiger charge is 2.10. The van der Waals surface area contributed by atoms with Gasteiger partial charge in [-0.2, -0.15) is 0 Å². The zero-order valence-electron chi connectivity index (χ0n) is 10.4. The van der Waals surface area contributed by atoms with E-state index in [9.17, 15) is 4.39 Å². The van der Waals surface area contributed by atoms with E-state index < -0.39 is 0 Å². The summed E-state index contributed by atoms with van der Waals surface area (Å²) in [5, 5.41) is 3.27. The second kappa shape index (κ2) is 8.17. The number of methoxy groups -OCH3 is 1. The number of ether oxygens (including phenoxy) is 2. The van der Waals surface area contributed by atoms with Gasteiger partial charge in [0.05, 0.1) is 25.9 Å². The number of likely N-dealkylation sites (N-methyl/N-ethyl adjacent to an activating group) is 1. The molecule has 1 rings (SSSR count). The van der Waals surface area contributed by atoms with Crippen molar-refractivity contribution >= 4 is 0 Å². The summed E-state index contributed by atoms with van der Waals surface area (Å²) < 4.78 is 23.5. The fourth-order valence-corrected chi connectivity index (χ4v) is 1.59. The van der Waals surface area contributed by atoms with Gasteiger partial charge in [-0.25, -0.2) is 4.39 Å². The van der Waals surface area contributed by atoms with E-state index in [2.05, 4.69) is 5.32 Å². The largest absolute Gasteiger partial charge is 0.382 e. The van der Waals surface area contributed by atoms with Crippen molar-refractivity contribution in [3.8, 4) is 0 Å². The molecule has 0 heterocycles. The second-order valence-corrected chi connectivity index (χ2v) is 3.73. The zero-order valence-corrected chi connectivity index (χ0v) is 10.4. The number of halogens is 1. The summed E-state index contributed by atoms with van der Waals surface area (Å²) in [6, 6.07) is 6.61. The molecule has 0 spiro atoms. The van der Waals surface area contributed by atoms with Crippen LogP contribution >= 0.6 is 0 Å². The first-order valence-corrected chi connectivity index (χ1v) is 5.83. The Bertz CT molecular complexity index is 320. The topological polar surface area (TPSA) is 30.5 Å². The van der Waals surface area contributed by atoms with E-state index in [4.69, 9.17) is 9.47 Å². The van der Waals surface area contributed by atoms with Gasteiger partial charge in [-0.3, -0.25) is 0 Å². The molecule has 0 aliphatic carbocycles. The van der Waals surface area contributed by atoms with Gasteiger partial charge >= 0.3 is 0 Å². The SMILES string of the molecule is CCNC(COCCOC)c1cccc(F)c1. The Morgan fingerprint density at radius 3 is 2.82 bits per heavy atom. The Hall–Kier alpha value is -0.970. The molecule has 1 aromatic carbocycles. The fourth-order valence-electron chi connectivity index (χ4n) is 1.59. The van der Waals surface area contributed by atoms with Crippen molar-refractivity contribution in [2.75, 3.05) is 33.5 Å². The van der Waals surface area contributed by atoms with Crippen molar-refractivity contribution in [1.82, 2.24) is 5.32 Å². The van der Waals surface area contributed by atoms with Crippen LogP contribution < -0.4 is 5.32 Å². The number of hydrogen-bond donors (Lipinski definition) is 1. The predicted molar refractivity (Wildman–Crippen MR) is 65.5 cm³/mol. The second-order valence-electron chi connectivity index (χ2n) is 3.73. The van der Waals surface area contributed by atoms with Gasteiger partial charge in [-0.1, -0.05) is 19.1 Å². The van der Waals surface area contributed by atoms with Crippen molar-refractivity contribution in [3.63, 3.8) is 0 Å². The van der Waals surface area contributed by atoms with Gasteiger partial charge in [0, 0.05) is 7.11 Å². The lowest BCUT2D eigenvalue weighted by Crippen LogP contribution is -2.26. The highest BCUT2D eigenvalue weighted by Crippen LogP contribution is 2.14. The molecule has 17 heavy (non-hydrogen) atoms. The molecule has 0 saturated carbocycles. The van der Waals surface area contributed by atoms with E-state index in [1.165, 1.54) is 12.1 Å². The van der Waals surface area contributed by atoms with Crippen LogP contribution in [0, 0.1) is 5.82 Å². The maximum Gasteiger partial charge on any atom is 0.123 e. The fraction of sp³-hybridized carbons (Fsp3) is 0.538. The summed E-state index contributed by atoms with van der Waals surface area (Å²) >= 11 is 0. The first kappa shape index (κ1) is 14.1. The van der Waals surface area contributed by atoms with Crippen LogP contribution in [-0.2, 0) is 9.47 Å². The summed E-state index contributed by atoms with van der Waals surface area (Å²) in [6.07, 6.45) is 0. The average molecular weight is 241 g/mol. The van der Waals surface area contributed by atoms with Crippen molar-refractivity contribution in [1.29, 1.82) is 0 Å². The molecule has 1 N–H and O–H groups in total. The number of rotatable bonds is 8. The molecular formula is C13H20FNO2. The van der Waals surface area contributed by atoms with Crippen LogP contribution in [0.3, 0.4) is 0 Å². The Morgan fingerprint density at radius 2 is 2.18 bits per heavy atom. The molecule has 1 aromatic rings. The molecule has 0 aromatic heterocycles. The molecule has 0 aliphatic rings. The monoisotopic (exact) mass is 241 g/mol. The van der Waals surface area contributed by atoms with Crippen LogP contribution in [0.5, 0.6) is 0 Å². The minimum Gasteiger partial charge on any atom is -0.382 e. The van der Waals surface area contributed by atoms with Crippen molar-refractivity contribution in [3.05, 3.63) is 35.6 Å². The van der Waals surface area contributed by atoms with Gasteiger partial charge in [0.15, 0.2) is 0 Å². The zero-order chi connectivity index (χ0) is 12.5. The molecule has 0 bridgehead atoms. The third-order valence-electron chi connectivity index (χ3n) is 2.42. The molecule has 3 nitrogen and oxygen atoms in total. The minimum absolute atomic E-state index is 0.0209. The van der Waals surface area contributed by atoms with Gasteiger partial charge in [0.25, 0.3) is 0 Å². The summed E-state index contributed by atoms with van der Waals surface area (Å²) in [5.41, 5.74) is 0.907. The predicted octanol–water partition coefficient (Wildman–Crippen LogP) is 2.14. The Morgan fingerprint density at radius 1 is 1.35 bits per heavy atom. The van der Waals surface area contributed by atoms with E-state index in [-0.39, 0.29) is 11.9 Å². The number of nitrogens with one attached hydrogen (secondary N) is 1. The highest BCUT2D eigenvalue weighted by atomic mass is 19.1. The van der Waals surface area contributed by atoms with E-state index in [0.717, 1.165) is 12.1 Å². The van der Waals surface area contributed by atoms with Gasteiger partial charge in [-0.05, 0) is 24.2 Å². The number of hydrogen-bond acceptors (Lipinski definition) is 3. The molecule has 0 aliphatic heterocycles. The van der Waals surface area contributed by atoms with E-state index in [1.807, 2.05) is 13.0 Å². The van der Waals surface area contributed by atoms with Crippen molar-refractivity contribution in [2.45, 2.75) is 13.0 Å². The Balaban J connectivity index is 2.52. The molecule has 0 saturated heterocycles. The lowest BCUT2D eigenvalue weighted by Gasteiger charge is -2.18. The van der Waals surface area contributed by atoms with Gasteiger partial charge in [0.2, 0.25) is 0 Å². The van der Waals surface area contributed by atoms with Crippen molar-refractivity contribution in [2.24, 2.45) is 0 Å². The first-order valence-electron chi connectivity index (χ1n) is 5.83. The van der Waals surface area contributed by atoms with Crippen LogP contribution in [0.2, 0.25) is 0 Å². The molecule has 0 radical (unpaired) electrons. The molecule has 0 fully saturated rings. The molecular weight excluding hydrogens is 221 g/mol. The normalized spacial score (nSPS) is 12.6. The average Bonchev–Trinajstić information content (AvgIpc) is 2.33. The summed E-state index contributed by atoms with van der Waals surface area (Å²) in [4.78, 5) is 0. The van der Waals surface area contributed by atoms with E-state index >= 15 is 0 Å². The Labute approximate surface area is 102 Å². The Kier molecular flexibility index (Phi) is 6.77. The smallest absolute Gasteiger partial charge is 0.123 e. The lowest BCUT2D eigenvalue weighted by molar-refractivity contribution is 0.0587. The van der Waals surface area contributed by atoms with Crippen LogP contribution in [0.1, 0.15) is 18.5 Å². The van der Waals surface area contributed by atoms with Crippen LogP contribution in [0.15, 0.2) is 24.3 Å². The van der Waals surface area contributed by atoms with Gasteiger partial charge in [0.1, 0.15) is 5.82 Å². The third kappa shape index (κ3) is 5.26. The maximum atomic E-state index is 13.1. The standard InChI is InChI=1S/C13H20FNO2/c1-3-15-13(10-17-8-7-16-2)11-5-4-6-12(14)9-11/h4-6,9,13,15H,3,7-8,10H2,1-2H3.